The molecule has 0 aliphatic carbocycles. The Kier molecular flexibility index (Phi) is 6.02. The Balaban J connectivity index is 1.90. The van der Waals surface area contributed by atoms with Gasteiger partial charge in [0.05, 0.1) is 21.2 Å². The van der Waals surface area contributed by atoms with Gasteiger partial charge in [-0.15, -0.1) is 0 Å². The molecule has 0 fully saturated rings. The van der Waals surface area contributed by atoms with Crippen LogP contribution < -0.4 is 10.2 Å². The van der Waals surface area contributed by atoms with Gasteiger partial charge < -0.3 is 4.74 Å². The number of hydrazone groups is 1. The first-order valence-electron chi connectivity index (χ1n) is 6.91. The van der Waals surface area contributed by atoms with Crippen molar-refractivity contribution in [3.8, 4) is 5.75 Å². The van der Waals surface area contributed by atoms with Crippen LogP contribution in [0.2, 0.25) is 0 Å². The lowest BCUT2D eigenvalue weighted by molar-refractivity contribution is -0.385. The second-order valence-electron chi connectivity index (χ2n) is 4.83. The van der Waals surface area contributed by atoms with Gasteiger partial charge in [-0.1, -0.05) is 18.2 Å². The van der Waals surface area contributed by atoms with Crippen LogP contribution in [-0.2, 0) is 4.79 Å². The number of nitrogens with zero attached hydrogens (tertiary/aromatic N) is 2. The maximum atomic E-state index is 11.7. The van der Waals surface area contributed by atoms with E-state index in [1.807, 2.05) is 19.1 Å². The number of nitro groups is 1. The molecule has 0 heterocycles. The van der Waals surface area contributed by atoms with Crippen LogP contribution in [0.3, 0.4) is 0 Å². The predicted octanol–water partition coefficient (Wildman–Crippen LogP) is 3.19. The van der Waals surface area contributed by atoms with Crippen molar-refractivity contribution in [1.29, 1.82) is 0 Å². The Hall–Kier alpha value is -2.74. The molecule has 8 heteroatoms. The van der Waals surface area contributed by atoms with Gasteiger partial charge in [0.25, 0.3) is 11.6 Å². The van der Waals surface area contributed by atoms with E-state index in [9.17, 15) is 14.9 Å². The highest BCUT2D eigenvalue weighted by molar-refractivity contribution is 9.10. The van der Waals surface area contributed by atoms with Crippen LogP contribution in [0.5, 0.6) is 5.75 Å². The summed E-state index contributed by atoms with van der Waals surface area (Å²) in [5, 5.41) is 14.6. The summed E-state index contributed by atoms with van der Waals surface area (Å²) in [6.45, 7) is 1.72. The van der Waals surface area contributed by atoms with Crippen LogP contribution in [0.1, 0.15) is 11.1 Å². The van der Waals surface area contributed by atoms with Gasteiger partial charge in [-0.05, 0) is 46.6 Å². The molecule has 124 valence electrons. The molecule has 0 saturated heterocycles. The van der Waals surface area contributed by atoms with E-state index in [-0.39, 0.29) is 12.3 Å². The molecule has 24 heavy (non-hydrogen) atoms. The largest absolute Gasteiger partial charge is 0.483 e. The van der Waals surface area contributed by atoms with Gasteiger partial charge in [-0.2, -0.15) is 5.10 Å². The van der Waals surface area contributed by atoms with E-state index < -0.39 is 10.8 Å². The monoisotopic (exact) mass is 391 g/mol. The number of rotatable bonds is 6. The van der Waals surface area contributed by atoms with Crippen molar-refractivity contribution in [2.75, 3.05) is 6.61 Å². The molecule has 0 spiro atoms. The summed E-state index contributed by atoms with van der Waals surface area (Å²) in [6, 6.07) is 11.6. The summed E-state index contributed by atoms with van der Waals surface area (Å²) in [5.74, 6) is 0.0655. The van der Waals surface area contributed by atoms with Crippen LogP contribution in [0.15, 0.2) is 52.0 Å². The molecule has 0 saturated carbocycles. The lowest BCUT2D eigenvalue weighted by atomic mass is 10.2. The normalized spacial score (nSPS) is 10.6. The van der Waals surface area contributed by atoms with Crippen molar-refractivity contribution in [2.45, 2.75) is 6.92 Å². The molecule has 1 amide bonds. The quantitative estimate of drug-likeness (QED) is 0.464. The highest BCUT2D eigenvalue weighted by Crippen LogP contribution is 2.25. The van der Waals surface area contributed by atoms with E-state index in [2.05, 4.69) is 26.5 Å². The van der Waals surface area contributed by atoms with Crippen molar-refractivity contribution in [2.24, 2.45) is 5.10 Å². The summed E-state index contributed by atoms with van der Waals surface area (Å²) < 4.78 is 6.13. The molecule has 0 bridgehead atoms. The molecule has 0 unspecified atom stereocenters. The molecule has 2 aromatic rings. The predicted molar refractivity (Wildman–Crippen MR) is 93.2 cm³/mol. The maximum Gasteiger partial charge on any atom is 0.278 e. The van der Waals surface area contributed by atoms with Gasteiger partial charge in [0.1, 0.15) is 5.75 Å². The molecule has 0 aliphatic rings. The highest BCUT2D eigenvalue weighted by atomic mass is 79.9. The fourth-order valence-electron chi connectivity index (χ4n) is 1.84. The standard InChI is InChI=1S/C16H14BrN3O4/c1-11-6-7-15(13(17)8-11)24-10-16(21)19-18-9-12-4-2-3-5-14(12)20(22)23/h2-9H,10H2,1H3,(H,19,21). The van der Waals surface area contributed by atoms with E-state index in [1.54, 1.807) is 18.2 Å². The Labute approximate surface area is 146 Å². The highest BCUT2D eigenvalue weighted by Gasteiger charge is 2.10. The van der Waals surface area contributed by atoms with Gasteiger partial charge >= 0.3 is 0 Å². The molecule has 0 aliphatic heterocycles. The number of halogens is 1. The van der Waals surface area contributed by atoms with Gasteiger partial charge in [0, 0.05) is 6.07 Å². The Morgan fingerprint density at radius 2 is 2.12 bits per heavy atom. The van der Waals surface area contributed by atoms with Crippen molar-refractivity contribution in [3.63, 3.8) is 0 Å². The summed E-state index contributed by atoms with van der Waals surface area (Å²) in [7, 11) is 0. The third-order valence-corrected chi connectivity index (χ3v) is 3.59. The molecular weight excluding hydrogens is 378 g/mol. The summed E-state index contributed by atoms with van der Waals surface area (Å²) in [5.41, 5.74) is 3.54. The summed E-state index contributed by atoms with van der Waals surface area (Å²) >= 11 is 3.35. The van der Waals surface area contributed by atoms with E-state index >= 15 is 0 Å². The first kappa shape index (κ1) is 17.6. The second-order valence-corrected chi connectivity index (χ2v) is 5.69. The molecule has 2 aromatic carbocycles. The van der Waals surface area contributed by atoms with Crippen LogP contribution in [0.4, 0.5) is 5.69 Å². The van der Waals surface area contributed by atoms with Crippen molar-refractivity contribution in [1.82, 2.24) is 5.43 Å². The number of benzene rings is 2. The minimum absolute atomic E-state index is 0.0877. The number of hydrogen-bond acceptors (Lipinski definition) is 5. The lowest BCUT2D eigenvalue weighted by Gasteiger charge is -2.07. The number of nitro benzene ring substituents is 1. The number of para-hydroxylation sites is 1. The number of carbonyl (C=O) groups excluding carboxylic acids is 1. The molecule has 7 nitrogen and oxygen atoms in total. The number of hydrogen-bond donors (Lipinski definition) is 1. The molecule has 0 atom stereocenters. The molecule has 0 aromatic heterocycles. The number of aryl methyl sites for hydroxylation is 1. The van der Waals surface area contributed by atoms with Gasteiger partial charge in [-0.3, -0.25) is 14.9 Å². The minimum Gasteiger partial charge on any atom is -0.483 e. The fourth-order valence-corrected chi connectivity index (χ4v) is 2.44. The van der Waals surface area contributed by atoms with Crippen molar-refractivity contribution in [3.05, 3.63) is 68.2 Å². The third kappa shape index (κ3) is 4.88. The van der Waals surface area contributed by atoms with Crippen LogP contribution >= 0.6 is 15.9 Å². The van der Waals surface area contributed by atoms with Crippen LogP contribution in [0, 0.1) is 17.0 Å². The zero-order chi connectivity index (χ0) is 17.5. The lowest BCUT2D eigenvalue weighted by Crippen LogP contribution is -2.24. The molecular formula is C16H14BrN3O4. The first-order valence-corrected chi connectivity index (χ1v) is 7.71. The van der Waals surface area contributed by atoms with Gasteiger partial charge in [0.15, 0.2) is 6.61 Å². The average molecular weight is 392 g/mol. The third-order valence-electron chi connectivity index (χ3n) is 2.97. The van der Waals surface area contributed by atoms with Crippen molar-refractivity contribution >= 4 is 33.7 Å². The SMILES string of the molecule is Cc1ccc(OCC(=O)NN=Cc2ccccc2[N+](=O)[O-])c(Br)c1. The minimum atomic E-state index is -0.513. The van der Waals surface area contributed by atoms with Crippen LogP contribution in [-0.4, -0.2) is 23.7 Å². The van der Waals surface area contributed by atoms with Gasteiger partial charge in [-0.25, -0.2) is 5.43 Å². The Bertz CT molecular complexity index is 793. The topological polar surface area (TPSA) is 93.8 Å². The average Bonchev–Trinajstić information content (AvgIpc) is 2.54. The second kappa shape index (κ2) is 8.21. The zero-order valence-corrected chi connectivity index (χ0v) is 14.3. The maximum absolute atomic E-state index is 11.7. The van der Waals surface area contributed by atoms with E-state index in [1.165, 1.54) is 18.3 Å². The summed E-state index contributed by atoms with van der Waals surface area (Å²) in [4.78, 5) is 22.1. The van der Waals surface area contributed by atoms with E-state index in [0.29, 0.717) is 11.3 Å². The number of carbonyl (C=O) groups is 1. The van der Waals surface area contributed by atoms with Crippen molar-refractivity contribution < 1.29 is 14.5 Å². The van der Waals surface area contributed by atoms with Crippen LogP contribution in [0.25, 0.3) is 0 Å². The smallest absolute Gasteiger partial charge is 0.278 e. The number of nitrogens with one attached hydrogen (secondary N) is 1. The fraction of sp³-hybridized carbons (Fsp3) is 0.125. The summed E-state index contributed by atoms with van der Waals surface area (Å²) in [6.07, 6.45) is 1.22. The number of amides is 1. The zero-order valence-electron chi connectivity index (χ0n) is 12.7. The Morgan fingerprint density at radius 3 is 2.83 bits per heavy atom. The van der Waals surface area contributed by atoms with E-state index in [4.69, 9.17) is 4.74 Å². The molecule has 1 N–H and O–H groups in total. The molecule has 0 radical (unpaired) electrons. The molecule has 2 rings (SSSR count). The number of ether oxygens (including phenoxy) is 1. The first-order chi connectivity index (χ1) is 11.5. The Morgan fingerprint density at radius 1 is 1.38 bits per heavy atom. The van der Waals surface area contributed by atoms with Gasteiger partial charge in [0.2, 0.25) is 0 Å². The van der Waals surface area contributed by atoms with E-state index in [0.717, 1.165) is 10.0 Å².